The molecule has 0 heterocycles. The van der Waals surface area contributed by atoms with Gasteiger partial charge < -0.3 is 5.11 Å². The predicted octanol–water partition coefficient (Wildman–Crippen LogP) is 3.95. The zero-order valence-corrected chi connectivity index (χ0v) is 12.6. The fourth-order valence-electron chi connectivity index (χ4n) is 1.61. The number of hydrogen-bond acceptors (Lipinski definition) is 3. The summed E-state index contributed by atoms with van der Waals surface area (Å²) >= 11 is 2.67. The van der Waals surface area contributed by atoms with Crippen LogP contribution in [0, 0.1) is 0 Å². The lowest BCUT2D eigenvalue weighted by molar-refractivity contribution is -0.136. The molecule has 1 rings (SSSR count). The van der Waals surface area contributed by atoms with Gasteiger partial charge in [0.1, 0.15) is 5.78 Å². The molecular formula is C12H10BrF3O3S. The average Bonchev–Trinajstić information content (AvgIpc) is 2.25. The first-order chi connectivity index (χ1) is 9.11. The first kappa shape index (κ1) is 17.0. The molecule has 1 N–H and O–H groups in total. The number of carbonyl (C=O) groups excluding carboxylic acids is 1. The van der Waals surface area contributed by atoms with Crippen molar-refractivity contribution < 1.29 is 27.9 Å². The molecule has 0 aliphatic heterocycles. The van der Waals surface area contributed by atoms with Gasteiger partial charge in [-0.1, -0.05) is 28.1 Å². The van der Waals surface area contributed by atoms with Gasteiger partial charge in [0.15, 0.2) is 0 Å². The maximum absolute atomic E-state index is 12.5. The van der Waals surface area contributed by atoms with E-state index in [2.05, 4.69) is 15.9 Å². The zero-order valence-electron chi connectivity index (χ0n) is 10.2. The Bertz CT molecular complexity index is 531. The molecule has 0 aliphatic rings. The van der Waals surface area contributed by atoms with E-state index in [4.69, 9.17) is 5.11 Å². The Labute approximate surface area is 125 Å². The Balaban J connectivity index is 3.35. The number of rotatable bonds is 5. The van der Waals surface area contributed by atoms with Crippen molar-refractivity contribution in [3.8, 4) is 0 Å². The fraction of sp³-hybridized carbons (Fsp3) is 0.333. The normalized spacial score (nSPS) is 13.1. The second-order valence-electron chi connectivity index (χ2n) is 3.92. The van der Waals surface area contributed by atoms with Crippen LogP contribution >= 0.6 is 27.7 Å². The standard InChI is InChI=1S/C12H10BrF3O3S/c1-6(17)11(13)10-7(5-9(18)19)3-2-4-8(10)20-12(14,15)16/h2-4,11H,5H2,1H3,(H,18,19). The topological polar surface area (TPSA) is 54.4 Å². The summed E-state index contributed by atoms with van der Waals surface area (Å²) in [6.45, 7) is 1.22. The largest absolute Gasteiger partial charge is 0.481 e. The molecule has 8 heteroatoms. The Morgan fingerprint density at radius 1 is 1.40 bits per heavy atom. The van der Waals surface area contributed by atoms with E-state index < -0.39 is 28.5 Å². The van der Waals surface area contributed by atoms with Crippen molar-refractivity contribution in [1.82, 2.24) is 0 Å². The van der Waals surface area contributed by atoms with E-state index in [0.717, 1.165) is 0 Å². The van der Waals surface area contributed by atoms with Crippen LogP contribution in [0.15, 0.2) is 23.1 Å². The molecule has 0 aliphatic carbocycles. The molecule has 0 spiro atoms. The highest BCUT2D eigenvalue weighted by Gasteiger charge is 2.32. The molecular weight excluding hydrogens is 361 g/mol. The van der Waals surface area contributed by atoms with Gasteiger partial charge in [-0.3, -0.25) is 9.59 Å². The van der Waals surface area contributed by atoms with Crippen molar-refractivity contribution in [3.63, 3.8) is 0 Å². The Hall–Kier alpha value is -1.02. The van der Waals surface area contributed by atoms with Crippen LogP contribution in [0.3, 0.4) is 0 Å². The van der Waals surface area contributed by atoms with Crippen LogP contribution < -0.4 is 0 Å². The minimum absolute atomic E-state index is 0.0599. The Kier molecular flexibility index (Phi) is 5.64. The van der Waals surface area contributed by atoms with E-state index in [9.17, 15) is 22.8 Å². The SMILES string of the molecule is CC(=O)C(Br)c1c(CC(=O)O)cccc1SC(F)(F)F. The van der Waals surface area contributed by atoms with Gasteiger partial charge in [0.25, 0.3) is 0 Å². The number of carboxylic acids is 1. The van der Waals surface area contributed by atoms with Crippen molar-refractivity contribution in [1.29, 1.82) is 0 Å². The summed E-state index contributed by atoms with van der Waals surface area (Å²) in [5.74, 6) is -1.57. The molecule has 0 saturated carbocycles. The second kappa shape index (κ2) is 6.62. The van der Waals surface area contributed by atoms with Crippen LogP contribution in [0.25, 0.3) is 0 Å². The van der Waals surface area contributed by atoms with Crippen molar-refractivity contribution in [2.75, 3.05) is 0 Å². The van der Waals surface area contributed by atoms with E-state index >= 15 is 0 Å². The molecule has 0 bridgehead atoms. The smallest absolute Gasteiger partial charge is 0.446 e. The summed E-state index contributed by atoms with van der Waals surface area (Å²) in [7, 11) is 0. The average molecular weight is 371 g/mol. The Morgan fingerprint density at radius 2 is 2.00 bits per heavy atom. The van der Waals surface area contributed by atoms with Crippen molar-refractivity contribution in [2.45, 2.75) is 28.6 Å². The van der Waals surface area contributed by atoms with Crippen molar-refractivity contribution in [2.24, 2.45) is 0 Å². The van der Waals surface area contributed by atoms with Gasteiger partial charge in [-0.25, -0.2) is 0 Å². The first-order valence-corrected chi connectivity index (χ1v) is 7.09. The molecule has 0 aromatic heterocycles. The van der Waals surface area contributed by atoms with Gasteiger partial charge in [-0.15, -0.1) is 0 Å². The lowest BCUT2D eigenvalue weighted by Crippen LogP contribution is -2.11. The van der Waals surface area contributed by atoms with Crippen molar-refractivity contribution in [3.05, 3.63) is 29.3 Å². The number of carbonyl (C=O) groups is 2. The molecule has 110 valence electrons. The number of ketones is 1. The minimum Gasteiger partial charge on any atom is -0.481 e. The quantitative estimate of drug-likeness (QED) is 0.629. The Morgan fingerprint density at radius 3 is 2.45 bits per heavy atom. The lowest BCUT2D eigenvalue weighted by atomic mass is 10.00. The highest BCUT2D eigenvalue weighted by atomic mass is 79.9. The van der Waals surface area contributed by atoms with E-state index in [1.54, 1.807) is 0 Å². The summed E-state index contributed by atoms with van der Waals surface area (Å²) in [6, 6.07) is 3.97. The summed E-state index contributed by atoms with van der Waals surface area (Å²) < 4.78 is 37.6. The van der Waals surface area contributed by atoms with Crippen LogP contribution in [-0.4, -0.2) is 22.4 Å². The molecule has 20 heavy (non-hydrogen) atoms. The third-order valence-corrected chi connectivity index (χ3v) is 4.24. The molecule has 1 unspecified atom stereocenters. The van der Waals surface area contributed by atoms with Crippen molar-refractivity contribution >= 4 is 39.4 Å². The molecule has 1 aromatic carbocycles. The van der Waals surface area contributed by atoms with Crippen LogP contribution in [-0.2, 0) is 16.0 Å². The number of hydrogen-bond donors (Lipinski definition) is 1. The predicted molar refractivity (Wildman–Crippen MR) is 72.0 cm³/mol. The van der Waals surface area contributed by atoms with E-state index in [-0.39, 0.29) is 27.8 Å². The van der Waals surface area contributed by atoms with E-state index in [0.29, 0.717) is 0 Å². The molecule has 0 fully saturated rings. The van der Waals surface area contributed by atoms with Crippen LogP contribution in [0.4, 0.5) is 13.2 Å². The summed E-state index contributed by atoms with van der Waals surface area (Å²) in [5, 5.41) is 8.81. The van der Waals surface area contributed by atoms with Crippen LogP contribution in [0.2, 0.25) is 0 Å². The number of benzene rings is 1. The summed E-state index contributed by atoms with van der Waals surface area (Å²) in [6.07, 6.45) is -0.447. The van der Waals surface area contributed by atoms with Gasteiger partial charge in [-0.05, 0) is 35.9 Å². The number of halogens is 4. The number of Topliss-reactive ketones (excluding diaryl/α,β-unsaturated/α-hetero) is 1. The molecule has 1 aromatic rings. The van der Waals surface area contributed by atoms with E-state index in [1.165, 1.54) is 25.1 Å². The van der Waals surface area contributed by atoms with E-state index in [1.807, 2.05) is 0 Å². The lowest BCUT2D eigenvalue weighted by Gasteiger charge is -2.17. The summed E-state index contributed by atoms with van der Waals surface area (Å²) in [5.41, 5.74) is -4.27. The van der Waals surface area contributed by atoms with Gasteiger partial charge in [0, 0.05) is 4.90 Å². The monoisotopic (exact) mass is 370 g/mol. The van der Waals surface area contributed by atoms with Gasteiger partial charge in [0.2, 0.25) is 0 Å². The number of carboxylic acid groups (broad SMARTS) is 1. The molecule has 1 atom stereocenters. The maximum Gasteiger partial charge on any atom is 0.446 e. The molecule has 0 amide bonds. The number of alkyl halides is 4. The number of thioether (sulfide) groups is 1. The highest BCUT2D eigenvalue weighted by molar-refractivity contribution is 9.09. The summed E-state index contributed by atoms with van der Waals surface area (Å²) in [4.78, 5) is 21.1. The third-order valence-electron chi connectivity index (χ3n) is 2.33. The van der Waals surface area contributed by atoms with Gasteiger partial charge in [0.05, 0.1) is 11.2 Å². The maximum atomic E-state index is 12.5. The molecule has 0 radical (unpaired) electrons. The third kappa shape index (κ3) is 4.82. The highest BCUT2D eigenvalue weighted by Crippen LogP contribution is 2.43. The van der Waals surface area contributed by atoms with Gasteiger partial charge >= 0.3 is 11.5 Å². The number of aliphatic carboxylic acids is 1. The first-order valence-electron chi connectivity index (χ1n) is 5.35. The molecule has 0 saturated heterocycles. The van der Waals surface area contributed by atoms with Crippen LogP contribution in [0.1, 0.15) is 22.9 Å². The zero-order chi connectivity index (χ0) is 15.5. The minimum atomic E-state index is -4.51. The van der Waals surface area contributed by atoms with Crippen LogP contribution in [0.5, 0.6) is 0 Å². The van der Waals surface area contributed by atoms with Gasteiger partial charge in [-0.2, -0.15) is 13.2 Å². The second-order valence-corrected chi connectivity index (χ2v) is 5.94. The fourth-order valence-corrected chi connectivity index (χ4v) is 3.06. The molecule has 3 nitrogen and oxygen atoms in total.